The number of aromatic nitrogens is 4. The van der Waals surface area contributed by atoms with E-state index in [9.17, 15) is 13.6 Å². The highest BCUT2D eigenvalue weighted by Crippen LogP contribution is 2.29. The van der Waals surface area contributed by atoms with Crippen molar-refractivity contribution in [1.82, 2.24) is 24.9 Å². The van der Waals surface area contributed by atoms with Crippen molar-refractivity contribution in [3.8, 4) is 5.88 Å². The predicted molar refractivity (Wildman–Crippen MR) is 107 cm³/mol. The van der Waals surface area contributed by atoms with Crippen molar-refractivity contribution in [1.29, 1.82) is 0 Å². The van der Waals surface area contributed by atoms with Gasteiger partial charge in [-0.3, -0.25) is 4.79 Å². The van der Waals surface area contributed by atoms with Crippen LogP contribution < -0.4 is 20.7 Å². The van der Waals surface area contributed by atoms with E-state index in [-0.39, 0.29) is 28.9 Å². The molecule has 3 aromatic rings. The molecular formula is C19H21F2N7O2. The van der Waals surface area contributed by atoms with Crippen LogP contribution in [-0.4, -0.2) is 50.9 Å². The van der Waals surface area contributed by atoms with E-state index in [0.29, 0.717) is 18.1 Å². The quantitative estimate of drug-likeness (QED) is 0.543. The predicted octanol–water partition coefficient (Wildman–Crippen LogP) is 2.68. The number of anilines is 3. The number of fused-ring (bicyclic) bond motifs is 1. The Balaban J connectivity index is 1.70. The van der Waals surface area contributed by atoms with E-state index in [1.165, 1.54) is 16.8 Å². The molecule has 1 aliphatic carbocycles. The smallest absolute Gasteiger partial charge is 0.257 e. The summed E-state index contributed by atoms with van der Waals surface area (Å²) < 4.78 is 34.0. The molecule has 11 heteroatoms. The zero-order chi connectivity index (χ0) is 21.4. The van der Waals surface area contributed by atoms with E-state index in [0.717, 1.165) is 6.20 Å². The van der Waals surface area contributed by atoms with Crippen LogP contribution in [0.3, 0.4) is 0 Å². The number of alkyl halides is 1. The zero-order valence-corrected chi connectivity index (χ0v) is 16.6. The maximum absolute atomic E-state index is 13.8. The lowest BCUT2D eigenvalue weighted by atomic mass is 10.3. The Bertz CT molecular complexity index is 1100. The fraction of sp³-hybridized carbons (Fsp3) is 0.368. The van der Waals surface area contributed by atoms with Crippen molar-refractivity contribution in [3.05, 3.63) is 35.9 Å². The molecule has 2 atom stereocenters. The normalized spacial score (nSPS) is 17.8. The monoisotopic (exact) mass is 417 g/mol. The van der Waals surface area contributed by atoms with Crippen molar-refractivity contribution >= 4 is 28.9 Å². The van der Waals surface area contributed by atoms with Crippen molar-refractivity contribution < 1.29 is 18.3 Å². The minimum absolute atomic E-state index is 0.168. The molecule has 3 aromatic heterocycles. The van der Waals surface area contributed by atoms with Crippen LogP contribution in [0.5, 0.6) is 5.88 Å². The van der Waals surface area contributed by atoms with Gasteiger partial charge in [-0.05, 0) is 13.8 Å². The summed E-state index contributed by atoms with van der Waals surface area (Å²) in [5.74, 6) is 0.0637. The first-order valence-corrected chi connectivity index (χ1v) is 9.46. The highest BCUT2D eigenvalue weighted by molar-refractivity contribution is 6.00. The molecule has 0 aromatic carbocycles. The van der Waals surface area contributed by atoms with Crippen LogP contribution in [0, 0.1) is 5.82 Å². The highest BCUT2D eigenvalue weighted by Gasteiger charge is 2.39. The Hall–Kier alpha value is -3.50. The van der Waals surface area contributed by atoms with E-state index < -0.39 is 23.9 Å². The lowest BCUT2D eigenvalue weighted by Gasteiger charge is -2.15. The molecule has 0 spiro atoms. The van der Waals surface area contributed by atoms with Gasteiger partial charge in [0.25, 0.3) is 5.91 Å². The van der Waals surface area contributed by atoms with Gasteiger partial charge < -0.3 is 20.7 Å². The molecule has 0 unspecified atom stereocenters. The number of hydrogen-bond acceptors (Lipinski definition) is 7. The van der Waals surface area contributed by atoms with Gasteiger partial charge >= 0.3 is 0 Å². The van der Waals surface area contributed by atoms with Crippen molar-refractivity contribution in [3.63, 3.8) is 0 Å². The molecule has 3 N–H and O–H groups in total. The van der Waals surface area contributed by atoms with Gasteiger partial charge in [-0.1, -0.05) is 0 Å². The summed E-state index contributed by atoms with van der Waals surface area (Å²) in [6, 6.07) is 2.41. The van der Waals surface area contributed by atoms with Gasteiger partial charge in [0.1, 0.15) is 34.9 Å². The molecule has 0 bridgehead atoms. The van der Waals surface area contributed by atoms with E-state index in [4.69, 9.17) is 4.74 Å². The fourth-order valence-electron chi connectivity index (χ4n) is 2.90. The first kappa shape index (κ1) is 19.8. The third kappa shape index (κ3) is 3.95. The molecule has 1 amide bonds. The molecule has 3 heterocycles. The Morgan fingerprint density at radius 2 is 2.10 bits per heavy atom. The molecular weight excluding hydrogens is 396 g/mol. The van der Waals surface area contributed by atoms with Gasteiger partial charge in [0.2, 0.25) is 5.88 Å². The summed E-state index contributed by atoms with van der Waals surface area (Å²) in [5, 5.41) is 12.8. The van der Waals surface area contributed by atoms with Gasteiger partial charge in [-0.25, -0.2) is 18.7 Å². The molecule has 4 rings (SSSR count). The molecule has 158 valence electrons. The Morgan fingerprint density at radius 3 is 2.77 bits per heavy atom. The van der Waals surface area contributed by atoms with E-state index in [2.05, 4.69) is 31.0 Å². The number of nitrogens with one attached hydrogen (secondary N) is 3. The van der Waals surface area contributed by atoms with Gasteiger partial charge in [-0.15, -0.1) is 0 Å². The molecule has 0 aliphatic heterocycles. The number of rotatable bonds is 7. The second-order valence-corrected chi connectivity index (χ2v) is 7.20. The fourth-order valence-corrected chi connectivity index (χ4v) is 2.90. The number of amides is 1. The van der Waals surface area contributed by atoms with Crippen molar-refractivity contribution in [2.75, 3.05) is 17.7 Å². The van der Waals surface area contributed by atoms with E-state index in [1.807, 2.05) is 13.8 Å². The van der Waals surface area contributed by atoms with Crippen LogP contribution >= 0.6 is 0 Å². The first-order chi connectivity index (χ1) is 14.4. The Kier molecular flexibility index (Phi) is 5.10. The number of hydrogen-bond donors (Lipinski definition) is 3. The largest absolute Gasteiger partial charge is 0.473 e. The molecule has 0 radical (unpaired) electrons. The Morgan fingerprint density at radius 1 is 1.33 bits per heavy atom. The second-order valence-electron chi connectivity index (χ2n) is 7.20. The van der Waals surface area contributed by atoms with Crippen LogP contribution in [-0.2, 0) is 0 Å². The minimum atomic E-state index is -1.02. The lowest BCUT2D eigenvalue weighted by molar-refractivity contribution is 0.0949. The number of carbonyl (C=O) groups is 1. The van der Waals surface area contributed by atoms with Gasteiger partial charge in [0.05, 0.1) is 24.5 Å². The molecule has 30 heavy (non-hydrogen) atoms. The molecule has 1 aliphatic rings. The van der Waals surface area contributed by atoms with Crippen LogP contribution in [0.4, 0.5) is 26.1 Å². The number of halogens is 2. The van der Waals surface area contributed by atoms with E-state index in [1.54, 1.807) is 13.1 Å². The summed E-state index contributed by atoms with van der Waals surface area (Å²) in [7, 11) is 1.69. The Labute approximate surface area is 170 Å². The van der Waals surface area contributed by atoms with Gasteiger partial charge in [-0.2, -0.15) is 9.61 Å². The third-order valence-corrected chi connectivity index (χ3v) is 4.43. The van der Waals surface area contributed by atoms with Crippen molar-refractivity contribution in [2.24, 2.45) is 0 Å². The second kappa shape index (κ2) is 7.73. The van der Waals surface area contributed by atoms with Gasteiger partial charge in [0.15, 0.2) is 5.65 Å². The van der Waals surface area contributed by atoms with Crippen LogP contribution in [0.15, 0.2) is 24.5 Å². The topological polar surface area (TPSA) is 105 Å². The number of pyridine rings is 1. The summed E-state index contributed by atoms with van der Waals surface area (Å²) in [6.07, 6.45) is 1.55. The maximum Gasteiger partial charge on any atom is 0.257 e. The zero-order valence-electron chi connectivity index (χ0n) is 16.6. The van der Waals surface area contributed by atoms with Crippen molar-refractivity contribution in [2.45, 2.75) is 38.6 Å². The molecule has 9 nitrogen and oxygen atoms in total. The number of nitrogens with zero attached hydrogens (tertiary/aromatic N) is 4. The molecule has 0 saturated heterocycles. The summed E-state index contributed by atoms with van der Waals surface area (Å²) in [4.78, 5) is 20.9. The SMILES string of the molecule is CNc1cc(Nc2cc(F)cnc2OC(C)C)nc2c(C(=O)N[C@H]3C[C@H]3F)cnn12. The number of ether oxygens (including phenoxy) is 1. The first-order valence-electron chi connectivity index (χ1n) is 9.46. The van der Waals surface area contributed by atoms with Crippen LogP contribution in [0.25, 0.3) is 5.65 Å². The standard InChI is InChI=1S/C19H21F2N7O2/c1-9(2)30-19-14(4-10(20)7-23-19)25-15-6-16(22-3)28-17(27-15)11(8-24-28)18(29)26-13-5-12(13)21/h4,6-9,12-13,22H,5H2,1-3H3,(H,25,27)(H,26,29)/t12-,13+/m1/s1. The third-order valence-electron chi connectivity index (χ3n) is 4.43. The van der Waals surface area contributed by atoms with Crippen LogP contribution in [0.2, 0.25) is 0 Å². The maximum atomic E-state index is 13.8. The summed E-state index contributed by atoms with van der Waals surface area (Å²) in [6.45, 7) is 3.66. The highest BCUT2D eigenvalue weighted by atomic mass is 19.1. The summed E-state index contributed by atoms with van der Waals surface area (Å²) >= 11 is 0. The van der Waals surface area contributed by atoms with Crippen LogP contribution in [0.1, 0.15) is 30.6 Å². The lowest BCUT2D eigenvalue weighted by Crippen LogP contribution is -2.27. The number of carbonyl (C=O) groups excluding carboxylic acids is 1. The van der Waals surface area contributed by atoms with Gasteiger partial charge in [0, 0.05) is 25.6 Å². The average Bonchev–Trinajstić information content (AvgIpc) is 3.21. The van der Waals surface area contributed by atoms with E-state index >= 15 is 0 Å². The minimum Gasteiger partial charge on any atom is -0.473 e. The molecule has 1 saturated carbocycles. The average molecular weight is 417 g/mol. The molecule has 1 fully saturated rings. The summed E-state index contributed by atoms with van der Waals surface area (Å²) in [5.41, 5.74) is 0.741.